The topological polar surface area (TPSA) is 110 Å². The fraction of sp³-hybridized carbons (Fsp3) is 0.0667. The third kappa shape index (κ3) is 3.09. The van der Waals surface area contributed by atoms with Crippen molar-refractivity contribution in [1.29, 1.82) is 0 Å². The minimum absolute atomic E-state index is 0.0118. The van der Waals surface area contributed by atoms with Crippen LogP contribution in [0.25, 0.3) is 0 Å². The molecule has 0 heterocycles. The molecule has 7 nitrogen and oxygen atoms in total. The summed E-state index contributed by atoms with van der Waals surface area (Å²) < 4.78 is 0. The number of carbonyl (C=O) groups excluding carboxylic acids is 1. The Balaban J connectivity index is 2.28. The van der Waals surface area contributed by atoms with E-state index in [1.165, 1.54) is 30.3 Å². The average Bonchev–Trinajstić information content (AvgIpc) is 2.47. The van der Waals surface area contributed by atoms with Crippen LogP contribution in [0.1, 0.15) is 26.3 Å². The number of nitro groups is 1. The average molecular weight is 300 g/mol. The molecule has 112 valence electrons. The smallest absolute Gasteiger partial charge is 0.338 e. The molecule has 2 aromatic rings. The zero-order chi connectivity index (χ0) is 16.3. The van der Waals surface area contributed by atoms with E-state index in [2.05, 4.69) is 5.32 Å². The molecule has 0 aliphatic carbocycles. The highest BCUT2D eigenvalue weighted by Gasteiger charge is 2.16. The van der Waals surface area contributed by atoms with Crippen LogP contribution in [0.5, 0.6) is 0 Å². The number of carbonyl (C=O) groups is 2. The summed E-state index contributed by atoms with van der Waals surface area (Å²) in [6.07, 6.45) is 0. The number of hydrogen-bond acceptors (Lipinski definition) is 4. The van der Waals surface area contributed by atoms with Crippen LogP contribution in [0.3, 0.4) is 0 Å². The van der Waals surface area contributed by atoms with Crippen molar-refractivity contribution in [2.75, 3.05) is 5.32 Å². The number of non-ortho nitro benzene ring substituents is 1. The molecule has 0 aromatic heterocycles. The van der Waals surface area contributed by atoms with Crippen LogP contribution < -0.4 is 5.32 Å². The number of carboxylic acid groups (broad SMARTS) is 1. The molecule has 0 atom stereocenters. The Morgan fingerprint density at radius 1 is 1.14 bits per heavy atom. The van der Waals surface area contributed by atoms with Crippen molar-refractivity contribution in [3.05, 3.63) is 69.3 Å². The van der Waals surface area contributed by atoms with Crippen molar-refractivity contribution in [3.63, 3.8) is 0 Å². The van der Waals surface area contributed by atoms with Gasteiger partial charge in [-0.2, -0.15) is 0 Å². The Hall–Kier alpha value is -3.22. The number of benzene rings is 2. The lowest BCUT2D eigenvalue weighted by Crippen LogP contribution is -2.15. The number of nitrogens with one attached hydrogen (secondary N) is 1. The fourth-order valence-corrected chi connectivity index (χ4v) is 1.98. The van der Waals surface area contributed by atoms with E-state index >= 15 is 0 Å². The zero-order valence-electron chi connectivity index (χ0n) is 11.6. The molecule has 0 spiro atoms. The summed E-state index contributed by atoms with van der Waals surface area (Å²) in [5.41, 5.74) is 0.782. The molecule has 7 heteroatoms. The van der Waals surface area contributed by atoms with Crippen molar-refractivity contribution >= 4 is 23.3 Å². The first-order chi connectivity index (χ1) is 10.4. The van der Waals surface area contributed by atoms with Gasteiger partial charge in [-0.05, 0) is 30.7 Å². The second kappa shape index (κ2) is 6.04. The maximum absolute atomic E-state index is 12.1. The van der Waals surface area contributed by atoms with Crippen LogP contribution in [-0.4, -0.2) is 21.9 Å². The Labute approximate surface area is 125 Å². The molecule has 2 N–H and O–H groups in total. The Kier molecular flexibility index (Phi) is 4.17. The van der Waals surface area contributed by atoms with Gasteiger partial charge in [-0.3, -0.25) is 14.9 Å². The SMILES string of the molecule is Cc1cccc(NC(=O)c2ccc([N+](=O)[O-])cc2)c1C(=O)O. The van der Waals surface area contributed by atoms with E-state index < -0.39 is 16.8 Å². The molecule has 0 saturated carbocycles. The molecule has 0 bridgehead atoms. The largest absolute Gasteiger partial charge is 0.478 e. The highest BCUT2D eigenvalue weighted by atomic mass is 16.6. The number of hydrogen-bond donors (Lipinski definition) is 2. The molecule has 2 aromatic carbocycles. The monoisotopic (exact) mass is 300 g/mol. The zero-order valence-corrected chi connectivity index (χ0v) is 11.6. The van der Waals surface area contributed by atoms with Gasteiger partial charge >= 0.3 is 5.97 Å². The molecule has 0 saturated heterocycles. The molecule has 0 unspecified atom stereocenters. The molecule has 1 amide bonds. The molecule has 22 heavy (non-hydrogen) atoms. The summed E-state index contributed by atoms with van der Waals surface area (Å²) in [7, 11) is 0. The van der Waals surface area contributed by atoms with E-state index in [1.54, 1.807) is 19.1 Å². The molecule has 0 fully saturated rings. The van der Waals surface area contributed by atoms with Crippen molar-refractivity contribution in [2.24, 2.45) is 0 Å². The van der Waals surface area contributed by atoms with E-state index in [0.29, 0.717) is 5.56 Å². The third-order valence-corrected chi connectivity index (χ3v) is 3.08. The summed E-state index contributed by atoms with van der Waals surface area (Å²) in [6.45, 7) is 1.63. The van der Waals surface area contributed by atoms with Crippen molar-refractivity contribution in [1.82, 2.24) is 0 Å². The summed E-state index contributed by atoms with van der Waals surface area (Å²) in [5.74, 6) is -1.68. The molecule has 2 rings (SSSR count). The number of nitro benzene ring substituents is 1. The van der Waals surface area contributed by atoms with Crippen LogP contribution >= 0.6 is 0 Å². The molecule has 0 radical (unpaired) electrons. The molecule has 0 aliphatic heterocycles. The van der Waals surface area contributed by atoms with Gasteiger partial charge in [0.1, 0.15) is 0 Å². The number of aromatic carboxylic acids is 1. The van der Waals surface area contributed by atoms with Crippen molar-refractivity contribution < 1.29 is 19.6 Å². The maximum Gasteiger partial charge on any atom is 0.338 e. The van der Waals surface area contributed by atoms with Gasteiger partial charge in [0.05, 0.1) is 16.2 Å². The summed E-state index contributed by atoms with van der Waals surface area (Å²) in [6, 6.07) is 9.79. The van der Waals surface area contributed by atoms with Crippen LogP contribution in [0.15, 0.2) is 42.5 Å². The molecule has 0 aliphatic rings. The number of rotatable bonds is 4. The first-order valence-electron chi connectivity index (χ1n) is 6.29. The standard InChI is InChI=1S/C15H12N2O5/c1-9-3-2-4-12(13(9)15(19)20)16-14(18)10-5-7-11(8-6-10)17(21)22/h2-8H,1H3,(H,16,18)(H,19,20). The number of aryl methyl sites for hydroxylation is 1. The second-order valence-electron chi connectivity index (χ2n) is 4.56. The van der Waals surface area contributed by atoms with Gasteiger partial charge in [0.15, 0.2) is 0 Å². The molecular weight excluding hydrogens is 288 g/mol. The second-order valence-corrected chi connectivity index (χ2v) is 4.56. The lowest BCUT2D eigenvalue weighted by molar-refractivity contribution is -0.384. The number of amides is 1. The lowest BCUT2D eigenvalue weighted by Gasteiger charge is -2.10. The van der Waals surface area contributed by atoms with Crippen molar-refractivity contribution in [2.45, 2.75) is 6.92 Å². The summed E-state index contributed by atoms with van der Waals surface area (Å²) in [5, 5.41) is 22.3. The Bertz CT molecular complexity index is 753. The lowest BCUT2D eigenvalue weighted by atomic mass is 10.1. The van der Waals surface area contributed by atoms with Gasteiger partial charge < -0.3 is 10.4 Å². The first kappa shape index (κ1) is 15.2. The van der Waals surface area contributed by atoms with Crippen LogP contribution in [-0.2, 0) is 0 Å². The van der Waals surface area contributed by atoms with E-state index in [-0.39, 0.29) is 22.5 Å². The fourth-order valence-electron chi connectivity index (χ4n) is 1.98. The van der Waals surface area contributed by atoms with Gasteiger partial charge in [0, 0.05) is 17.7 Å². The highest BCUT2D eigenvalue weighted by Crippen LogP contribution is 2.21. The first-order valence-corrected chi connectivity index (χ1v) is 6.29. The summed E-state index contributed by atoms with van der Waals surface area (Å²) >= 11 is 0. The third-order valence-electron chi connectivity index (χ3n) is 3.08. The minimum atomic E-state index is -1.14. The maximum atomic E-state index is 12.1. The number of nitrogens with zero attached hydrogens (tertiary/aromatic N) is 1. The minimum Gasteiger partial charge on any atom is -0.478 e. The van der Waals surface area contributed by atoms with Crippen molar-refractivity contribution in [3.8, 4) is 0 Å². The number of carboxylic acids is 1. The van der Waals surface area contributed by atoms with E-state index in [9.17, 15) is 24.8 Å². The van der Waals surface area contributed by atoms with Crippen LogP contribution in [0, 0.1) is 17.0 Å². The predicted octanol–water partition coefficient (Wildman–Crippen LogP) is 2.85. The van der Waals surface area contributed by atoms with Gasteiger partial charge in [0.2, 0.25) is 0 Å². The highest BCUT2D eigenvalue weighted by molar-refractivity contribution is 6.08. The van der Waals surface area contributed by atoms with Crippen LogP contribution in [0.4, 0.5) is 11.4 Å². The quantitative estimate of drug-likeness (QED) is 0.666. The predicted molar refractivity (Wildman–Crippen MR) is 79.2 cm³/mol. The van der Waals surface area contributed by atoms with Gasteiger partial charge in [-0.25, -0.2) is 4.79 Å². The van der Waals surface area contributed by atoms with Gasteiger partial charge in [-0.15, -0.1) is 0 Å². The summed E-state index contributed by atoms with van der Waals surface area (Å²) in [4.78, 5) is 33.4. The molecular formula is C15H12N2O5. The van der Waals surface area contributed by atoms with E-state index in [4.69, 9.17) is 0 Å². The van der Waals surface area contributed by atoms with E-state index in [0.717, 1.165) is 0 Å². The van der Waals surface area contributed by atoms with Gasteiger partial charge in [0.25, 0.3) is 11.6 Å². The number of anilines is 1. The Morgan fingerprint density at radius 2 is 1.77 bits per heavy atom. The van der Waals surface area contributed by atoms with Crippen LogP contribution in [0.2, 0.25) is 0 Å². The Morgan fingerprint density at radius 3 is 2.32 bits per heavy atom. The van der Waals surface area contributed by atoms with Gasteiger partial charge in [-0.1, -0.05) is 12.1 Å². The normalized spacial score (nSPS) is 10.0. The van der Waals surface area contributed by atoms with E-state index in [1.807, 2.05) is 0 Å².